The van der Waals surface area contributed by atoms with Gasteiger partial charge in [-0.15, -0.1) is 6.42 Å². The van der Waals surface area contributed by atoms with Crippen LogP contribution in [0, 0.1) is 24.0 Å². The molecule has 0 aliphatic carbocycles. The van der Waals surface area contributed by atoms with Gasteiger partial charge in [-0.05, 0) is 18.9 Å². The van der Waals surface area contributed by atoms with Crippen molar-refractivity contribution in [3.05, 3.63) is 29.3 Å². The number of carboxylic acid groups (broad SMARTS) is 1. The molecule has 0 bridgehead atoms. The summed E-state index contributed by atoms with van der Waals surface area (Å²) in [5.41, 5.74) is -0.520. The Morgan fingerprint density at radius 3 is 2.62 bits per heavy atom. The molecule has 0 saturated carbocycles. The van der Waals surface area contributed by atoms with Gasteiger partial charge in [-0.3, -0.25) is 4.90 Å². The zero-order valence-electron chi connectivity index (χ0n) is 11.4. The Morgan fingerprint density at radius 1 is 1.38 bits per heavy atom. The Hall–Kier alpha value is -2.13. The number of benzene rings is 1. The number of hydrogen-bond acceptors (Lipinski definition) is 3. The monoisotopic (exact) mass is 294 g/mol. The van der Waals surface area contributed by atoms with Gasteiger partial charge in [0.25, 0.3) is 0 Å². The van der Waals surface area contributed by atoms with Crippen LogP contribution in [0.3, 0.4) is 0 Å². The van der Waals surface area contributed by atoms with Gasteiger partial charge in [-0.25, -0.2) is 13.6 Å². The van der Waals surface area contributed by atoms with Gasteiger partial charge in [0, 0.05) is 25.2 Å². The number of likely N-dealkylation sites (tertiary alicyclic amines) is 1. The van der Waals surface area contributed by atoms with E-state index in [1.54, 1.807) is 0 Å². The van der Waals surface area contributed by atoms with Crippen molar-refractivity contribution in [3.8, 4) is 12.3 Å². The smallest absolute Gasteiger partial charge is 0.338 e. The van der Waals surface area contributed by atoms with E-state index in [1.165, 1.54) is 0 Å². The molecule has 4 nitrogen and oxygen atoms in total. The van der Waals surface area contributed by atoms with Gasteiger partial charge in [0.1, 0.15) is 11.6 Å². The van der Waals surface area contributed by atoms with Crippen LogP contribution in [-0.2, 0) is 0 Å². The molecule has 112 valence electrons. The highest BCUT2D eigenvalue weighted by atomic mass is 19.1. The van der Waals surface area contributed by atoms with E-state index in [-0.39, 0.29) is 11.7 Å². The number of piperidine rings is 1. The number of anilines is 1. The van der Waals surface area contributed by atoms with Crippen LogP contribution in [0.2, 0.25) is 0 Å². The van der Waals surface area contributed by atoms with Gasteiger partial charge < -0.3 is 10.4 Å². The number of carboxylic acids is 1. The second-order valence-electron chi connectivity index (χ2n) is 5.02. The minimum absolute atomic E-state index is 0.0145. The number of carbonyl (C=O) groups is 1. The SMILES string of the molecule is C#CCN1CCC(Nc2cc(C(=O)O)c(F)cc2F)CC1. The Bertz CT molecular complexity index is 576. The summed E-state index contributed by atoms with van der Waals surface area (Å²) in [7, 11) is 0. The molecule has 21 heavy (non-hydrogen) atoms. The summed E-state index contributed by atoms with van der Waals surface area (Å²) in [5, 5.41) is 11.8. The molecule has 0 unspecified atom stereocenters. The molecule has 1 aliphatic heterocycles. The van der Waals surface area contributed by atoms with Crippen LogP contribution in [0.15, 0.2) is 12.1 Å². The van der Waals surface area contributed by atoms with Gasteiger partial charge in [-0.1, -0.05) is 5.92 Å². The highest BCUT2D eigenvalue weighted by Gasteiger charge is 2.21. The van der Waals surface area contributed by atoms with Crippen LogP contribution >= 0.6 is 0 Å². The molecule has 2 rings (SSSR count). The van der Waals surface area contributed by atoms with E-state index in [2.05, 4.69) is 16.1 Å². The van der Waals surface area contributed by atoms with Crippen molar-refractivity contribution in [1.82, 2.24) is 4.90 Å². The summed E-state index contributed by atoms with van der Waals surface area (Å²) < 4.78 is 27.0. The van der Waals surface area contributed by atoms with Crippen LogP contribution in [0.1, 0.15) is 23.2 Å². The minimum atomic E-state index is -1.42. The number of terminal acetylenes is 1. The molecule has 2 N–H and O–H groups in total. The molecule has 0 atom stereocenters. The summed E-state index contributed by atoms with van der Waals surface area (Å²) in [6.07, 6.45) is 6.78. The topological polar surface area (TPSA) is 52.6 Å². The van der Waals surface area contributed by atoms with E-state index >= 15 is 0 Å². The summed E-state index contributed by atoms with van der Waals surface area (Å²) >= 11 is 0. The first kappa shape index (κ1) is 15.3. The van der Waals surface area contributed by atoms with Gasteiger partial charge >= 0.3 is 5.97 Å². The van der Waals surface area contributed by atoms with E-state index in [0.29, 0.717) is 12.6 Å². The lowest BCUT2D eigenvalue weighted by molar-refractivity contribution is 0.0692. The van der Waals surface area contributed by atoms with Crippen molar-refractivity contribution in [2.24, 2.45) is 0 Å². The number of halogens is 2. The Labute approximate surface area is 121 Å². The molecule has 0 spiro atoms. The van der Waals surface area contributed by atoms with Gasteiger partial charge in [0.05, 0.1) is 17.8 Å². The van der Waals surface area contributed by atoms with Gasteiger partial charge in [0.15, 0.2) is 0 Å². The molecule has 1 fully saturated rings. The first-order chi connectivity index (χ1) is 10.0. The normalized spacial score (nSPS) is 16.4. The number of rotatable bonds is 4. The Kier molecular flexibility index (Phi) is 4.76. The molecule has 0 radical (unpaired) electrons. The first-order valence-corrected chi connectivity index (χ1v) is 6.66. The summed E-state index contributed by atoms with van der Waals surface area (Å²) in [5.74, 6) is -0.704. The predicted octanol–water partition coefficient (Wildman–Crippen LogP) is 2.17. The third-order valence-corrected chi connectivity index (χ3v) is 3.55. The second kappa shape index (κ2) is 6.55. The van der Waals surface area contributed by atoms with Crippen molar-refractivity contribution in [1.29, 1.82) is 0 Å². The third kappa shape index (κ3) is 3.70. The second-order valence-corrected chi connectivity index (χ2v) is 5.02. The first-order valence-electron chi connectivity index (χ1n) is 6.66. The molecule has 0 amide bonds. The van der Waals surface area contributed by atoms with Crippen LogP contribution < -0.4 is 5.32 Å². The van der Waals surface area contributed by atoms with Crippen molar-refractivity contribution in [3.63, 3.8) is 0 Å². The number of nitrogens with one attached hydrogen (secondary N) is 1. The Balaban J connectivity index is 2.05. The summed E-state index contributed by atoms with van der Waals surface area (Å²) in [6.45, 7) is 2.16. The molecule has 1 aliphatic rings. The largest absolute Gasteiger partial charge is 0.478 e. The maximum Gasteiger partial charge on any atom is 0.338 e. The molecule has 6 heteroatoms. The van der Waals surface area contributed by atoms with E-state index < -0.39 is 23.2 Å². The van der Waals surface area contributed by atoms with Crippen molar-refractivity contribution in [2.45, 2.75) is 18.9 Å². The molecule has 1 aromatic rings. The van der Waals surface area contributed by atoms with Crippen LogP contribution in [-0.4, -0.2) is 41.7 Å². The standard InChI is InChI=1S/C15H16F2N2O2/c1-2-5-19-6-3-10(4-7-19)18-14-8-11(15(20)21)12(16)9-13(14)17/h1,8-10,18H,3-7H2,(H,20,21). The van der Waals surface area contributed by atoms with Crippen LogP contribution in [0.25, 0.3) is 0 Å². The molecule has 0 aromatic heterocycles. The van der Waals surface area contributed by atoms with E-state index in [0.717, 1.165) is 32.0 Å². The fourth-order valence-corrected chi connectivity index (χ4v) is 2.41. The van der Waals surface area contributed by atoms with E-state index in [9.17, 15) is 13.6 Å². The molecule has 1 heterocycles. The van der Waals surface area contributed by atoms with Crippen molar-refractivity contribution in [2.75, 3.05) is 25.0 Å². The van der Waals surface area contributed by atoms with Crippen molar-refractivity contribution < 1.29 is 18.7 Å². The maximum absolute atomic E-state index is 13.7. The number of hydrogen-bond donors (Lipinski definition) is 2. The molecule has 1 aromatic carbocycles. The minimum Gasteiger partial charge on any atom is -0.478 e. The van der Waals surface area contributed by atoms with Crippen molar-refractivity contribution >= 4 is 11.7 Å². The fourth-order valence-electron chi connectivity index (χ4n) is 2.41. The Morgan fingerprint density at radius 2 is 2.05 bits per heavy atom. The van der Waals surface area contributed by atoms with E-state index in [4.69, 9.17) is 11.5 Å². The highest BCUT2D eigenvalue weighted by molar-refractivity contribution is 5.89. The zero-order chi connectivity index (χ0) is 15.4. The average Bonchev–Trinajstić information content (AvgIpc) is 2.43. The lowest BCUT2D eigenvalue weighted by atomic mass is 10.0. The van der Waals surface area contributed by atoms with Crippen LogP contribution in [0.4, 0.5) is 14.5 Å². The number of aromatic carboxylic acids is 1. The highest BCUT2D eigenvalue weighted by Crippen LogP contribution is 2.23. The molecule has 1 saturated heterocycles. The predicted molar refractivity (Wildman–Crippen MR) is 75.2 cm³/mol. The zero-order valence-corrected chi connectivity index (χ0v) is 11.4. The fraction of sp³-hybridized carbons (Fsp3) is 0.400. The lowest BCUT2D eigenvalue weighted by Crippen LogP contribution is -2.39. The number of nitrogens with zero attached hydrogens (tertiary/aromatic N) is 1. The molecular weight excluding hydrogens is 278 g/mol. The van der Waals surface area contributed by atoms with Crippen LogP contribution in [0.5, 0.6) is 0 Å². The summed E-state index contributed by atoms with van der Waals surface area (Å²) in [6, 6.07) is 1.61. The van der Waals surface area contributed by atoms with Gasteiger partial charge in [0.2, 0.25) is 0 Å². The molecular formula is C15H16F2N2O2. The lowest BCUT2D eigenvalue weighted by Gasteiger charge is -2.31. The van der Waals surface area contributed by atoms with E-state index in [1.807, 2.05) is 0 Å². The third-order valence-electron chi connectivity index (χ3n) is 3.55. The quantitative estimate of drug-likeness (QED) is 0.836. The summed E-state index contributed by atoms with van der Waals surface area (Å²) in [4.78, 5) is 13.0. The maximum atomic E-state index is 13.7. The average molecular weight is 294 g/mol. The van der Waals surface area contributed by atoms with Gasteiger partial charge in [-0.2, -0.15) is 0 Å².